The average Bonchev–Trinajstić information content (AvgIpc) is 2.33. The third-order valence-electron chi connectivity index (χ3n) is 1.84. The summed E-state index contributed by atoms with van der Waals surface area (Å²) in [5.74, 6) is -0.120. The van der Waals surface area contributed by atoms with Crippen LogP contribution in [0.15, 0.2) is 12.4 Å². The van der Waals surface area contributed by atoms with Crippen molar-refractivity contribution in [3.05, 3.63) is 18.1 Å². The molecule has 0 fully saturated rings. The van der Waals surface area contributed by atoms with Crippen molar-refractivity contribution in [1.82, 2.24) is 14.7 Å². The van der Waals surface area contributed by atoms with E-state index in [0.29, 0.717) is 12.4 Å². The van der Waals surface area contributed by atoms with Gasteiger partial charge in [-0.3, -0.25) is 0 Å². The quantitative estimate of drug-likeness (QED) is 0.517. The summed E-state index contributed by atoms with van der Waals surface area (Å²) < 4.78 is 28.3. The number of carbonyl (C=O) groups is 1. The molecule has 0 radical (unpaired) electrons. The van der Waals surface area contributed by atoms with Crippen molar-refractivity contribution in [2.24, 2.45) is 0 Å². The maximum atomic E-state index is 11.1. The molecule has 0 unspecified atom stereocenters. The summed E-state index contributed by atoms with van der Waals surface area (Å²) in [7, 11) is -1.93. The first-order valence-electron chi connectivity index (χ1n) is 5.01. The highest BCUT2D eigenvalue weighted by Crippen LogP contribution is 2.01. The number of carbonyl (C=O) groups excluding carboxylic acids is 1. The van der Waals surface area contributed by atoms with Gasteiger partial charge in [-0.1, -0.05) is 0 Å². The molecule has 0 aromatic carbocycles. The largest absolute Gasteiger partial charge is 0.464 e. The molecule has 0 spiro atoms. The van der Waals surface area contributed by atoms with Crippen molar-refractivity contribution in [1.29, 1.82) is 0 Å². The molecule has 0 bridgehead atoms. The van der Waals surface area contributed by atoms with Gasteiger partial charge in [-0.2, -0.15) is 0 Å². The number of nitrogens with zero attached hydrogens (tertiary/aromatic N) is 2. The van der Waals surface area contributed by atoms with E-state index in [1.165, 1.54) is 19.5 Å². The van der Waals surface area contributed by atoms with Crippen molar-refractivity contribution in [3.8, 4) is 0 Å². The predicted molar refractivity (Wildman–Crippen MR) is 64.7 cm³/mol. The van der Waals surface area contributed by atoms with Gasteiger partial charge < -0.3 is 10.1 Å². The molecule has 0 aliphatic carbocycles. The maximum absolute atomic E-state index is 11.1. The molecule has 100 valence electrons. The zero-order valence-corrected chi connectivity index (χ0v) is 10.8. The Morgan fingerprint density at radius 3 is 2.56 bits per heavy atom. The Morgan fingerprint density at radius 1 is 1.33 bits per heavy atom. The number of ether oxygens (including phenoxy) is 1. The van der Waals surface area contributed by atoms with E-state index in [1.807, 2.05) is 0 Å². The van der Waals surface area contributed by atoms with E-state index < -0.39 is 16.0 Å². The van der Waals surface area contributed by atoms with E-state index in [9.17, 15) is 13.2 Å². The Kier molecular flexibility index (Phi) is 4.98. The number of esters is 1. The summed E-state index contributed by atoms with van der Waals surface area (Å²) >= 11 is 0. The SMILES string of the molecule is COC(=O)c1cnc(NCCNS(C)(=O)=O)cn1. The first kappa shape index (κ1) is 14.3. The predicted octanol–water partition coefficient (Wildman–Crippen LogP) is -0.776. The monoisotopic (exact) mass is 274 g/mol. The summed E-state index contributed by atoms with van der Waals surface area (Å²) in [5, 5.41) is 2.85. The van der Waals surface area contributed by atoms with Crippen LogP contribution in [0.4, 0.5) is 5.82 Å². The average molecular weight is 274 g/mol. The third-order valence-corrected chi connectivity index (χ3v) is 2.57. The number of aromatic nitrogens is 2. The summed E-state index contributed by atoms with van der Waals surface area (Å²) in [5.41, 5.74) is 0.109. The molecule has 1 aromatic heterocycles. The van der Waals surface area contributed by atoms with Crippen LogP contribution >= 0.6 is 0 Å². The van der Waals surface area contributed by atoms with E-state index >= 15 is 0 Å². The van der Waals surface area contributed by atoms with Gasteiger partial charge in [-0.25, -0.2) is 27.9 Å². The molecule has 1 rings (SSSR count). The van der Waals surface area contributed by atoms with Gasteiger partial charge in [0.1, 0.15) is 5.82 Å². The number of hydrogen-bond acceptors (Lipinski definition) is 7. The number of rotatable bonds is 6. The van der Waals surface area contributed by atoms with Crippen LogP contribution in [-0.4, -0.2) is 50.8 Å². The highest BCUT2D eigenvalue weighted by atomic mass is 32.2. The van der Waals surface area contributed by atoms with Crippen molar-refractivity contribution >= 4 is 21.8 Å². The minimum absolute atomic E-state index is 0.109. The fourth-order valence-corrected chi connectivity index (χ4v) is 1.53. The van der Waals surface area contributed by atoms with E-state index in [-0.39, 0.29) is 12.2 Å². The molecule has 1 aromatic rings. The van der Waals surface area contributed by atoms with Gasteiger partial charge in [0, 0.05) is 13.1 Å². The van der Waals surface area contributed by atoms with E-state index in [0.717, 1.165) is 6.26 Å². The summed E-state index contributed by atoms with van der Waals surface area (Å²) in [4.78, 5) is 18.8. The smallest absolute Gasteiger partial charge is 0.358 e. The molecule has 1 heterocycles. The molecule has 0 aliphatic rings. The lowest BCUT2D eigenvalue weighted by Crippen LogP contribution is -2.27. The van der Waals surface area contributed by atoms with Gasteiger partial charge in [0.05, 0.1) is 25.8 Å². The number of hydrogen-bond donors (Lipinski definition) is 2. The summed E-state index contributed by atoms with van der Waals surface area (Å²) in [6.45, 7) is 0.596. The lowest BCUT2D eigenvalue weighted by atomic mass is 10.4. The van der Waals surface area contributed by atoms with Crippen LogP contribution < -0.4 is 10.0 Å². The van der Waals surface area contributed by atoms with Crippen LogP contribution in [0.5, 0.6) is 0 Å². The fourth-order valence-electron chi connectivity index (χ4n) is 1.06. The second kappa shape index (κ2) is 6.26. The van der Waals surface area contributed by atoms with Crippen molar-refractivity contribution < 1.29 is 17.9 Å². The first-order chi connectivity index (χ1) is 8.42. The van der Waals surface area contributed by atoms with Gasteiger partial charge in [0.25, 0.3) is 0 Å². The van der Waals surface area contributed by atoms with E-state index in [1.54, 1.807) is 0 Å². The van der Waals surface area contributed by atoms with E-state index in [4.69, 9.17) is 0 Å². The zero-order valence-electron chi connectivity index (χ0n) is 10.0. The second-order valence-electron chi connectivity index (χ2n) is 3.37. The maximum Gasteiger partial charge on any atom is 0.358 e. The van der Waals surface area contributed by atoms with Gasteiger partial charge in [0.15, 0.2) is 5.69 Å². The molecular formula is C9H14N4O4S. The van der Waals surface area contributed by atoms with Gasteiger partial charge in [-0.15, -0.1) is 0 Å². The highest BCUT2D eigenvalue weighted by Gasteiger charge is 2.07. The Morgan fingerprint density at radius 2 is 2.06 bits per heavy atom. The molecule has 8 nitrogen and oxygen atoms in total. The number of sulfonamides is 1. The van der Waals surface area contributed by atoms with Crippen LogP contribution in [0.3, 0.4) is 0 Å². The van der Waals surface area contributed by atoms with Crippen molar-refractivity contribution in [3.63, 3.8) is 0 Å². The van der Waals surface area contributed by atoms with Gasteiger partial charge in [-0.05, 0) is 0 Å². The van der Waals surface area contributed by atoms with Crippen LogP contribution in [0.2, 0.25) is 0 Å². The summed E-state index contributed by atoms with van der Waals surface area (Å²) in [6.07, 6.45) is 3.73. The fraction of sp³-hybridized carbons (Fsp3) is 0.444. The Hall–Kier alpha value is -1.74. The number of methoxy groups -OCH3 is 1. The molecule has 0 saturated heterocycles. The summed E-state index contributed by atoms with van der Waals surface area (Å²) in [6, 6.07) is 0. The number of anilines is 1. The minimum Gasteiger partial charge on any atom is -0.464 e. The van der Waals surface area contributed by atoms with Crippen LogP contribution in [0, 0.1) is 0 Å². The van der Waals surface area contributed by atoms with Crippen molar-refractivity contribution in [2.75, 3.05) is 31.8 Å². The molecule has 9 heteroatoms. The van der Waals surface area contributed by atoms with E-state index in [2.05, 4.69) is 24.7 Å². The lowest BCUT2D eigenvalue weighted by Gasteiger charge is -2.05. The van der Waals surface area contributed by atoms with Gasteiger partial charge >= 0.3 is 5.97 Å². The molecule has 0 amide bonds. The topological polar surface area (TPSA) is 110 Å². The molecule has 0 saturated carbocycles. The Bertz CT molecular complexity index is 500. The van der Waals surface area contributed by atoms with Gasteiger partial charge in [0.2, 0.25) is 10.0 Å². The van der Waals surface area contributed by atoms with Crippen LogP contribution in [0.1, 0.15) is 10.5 Å². The first-order valence-corrected chi connectivity index (χ1v) is 6.90. The highest BCUT2D eigenvalue weighted by molar-refractivity contribution is 7.88. The standard InChI is InChI=1S/C9H14N4O4S/c1-17-9(14)7-5-12-8(6-11-7)10-3-4-13-18(2,15)16/h5-6,13H,3-4H2,1-2H3,(H,10,12). The molecule has 18 heavy (non-hydrogen) atoms. The second-order valence-corrected chi connectivity index (χ2v) is 5.20. The van der Waals surface area contributed by atoms with Crippen molar-refractivity contribution in [2.45, 2.75) is 0 Å². The Balaban J connectivity index is 2.42. The number of nitrogens with one attached hydrogen (secondary N) is 2. The Labute approximate surface area is 105 Å². The minimum atomic E-state index is -3.19. The normalized spacial score (nSPS) is 11.0. The third kappa shape index (κ3) is 5.06. The molecule has 0 aliphatic heterocycles. The molecule has 2 N–H and O–H groups in total. The molecular weight excluding hydrogens is 260 g/mol. The lowest BCUT2D eigenvalue weighted by molar-refractivity contribution is 0.0593. The zero-order chi connectivity index (χ0) is 13.6. The van der Waals surface area contributed by atoms with Crippen LogP contribution in [-0.2, 0) is 14.8 Å². The molecule has 0 atom stereocenters. The van der Waals surface area contributed by atoms with Crippen LogP contribution in [0.25, 0.3) is 0 Å².